The molecule has 28 heavy (non-hydrogen) atoms. The van der Waals surface area contributed by atoms with Crippen molar-refractivity contribution in [2.24, 2.45) is 0 Å². The minimum absolute atomic E-state index is 0.0799. The number of aryl methyl sites for hydroxylation is 1. The van der Waals surface area contributed by atoms with Crippen molar-refractivity contribution in [3.8, 4) is 0 Å². The summed E-state index contributed by atoms with van der Waals surface area (Å²) in [7, 11) is 0. The van der Waals surface area contributed by atoms with E-state index in [-0.39, 0.29) is 18.1 Å². The minimum Gasteiger partial charge on any atom is -0.477 e. The zero-order valence-corrected chi connectivity index (χ0v) is 15.0. The molecule has 144 valence electrons. The third kappa shape index (κ3) is 4.23. The number of benzene rings is 1. The van der Waals surface area contributed by atoms with Gasteiger partial charge in [0.25, 0.3) is 5.91 Å². The number of hydrogen-bond donors (Lipinski definition) is 3. The molecule has 2 amide bonds. The third-order valence-corrected chi connectivity index (χ3v) is 3.88. The van der Waals surface area contributed by atoms with Gasteiger partial charge in [-0.05, 0) is 37.3 Å². The lowest BCUT2D eigenvalue weighted by Crippen LogP contribution is -2.22. The van der Waals surface area contributed by atoms with Gasteiger partial charge in [0.15, 0.2) is 0 Å². The molecule has 0 saturated heterocycles. The lowest BCUT2D eigenvalue weighted by Gasteiger charge is -2.10. The molecule has 10 heteroatoms. The van der Waals surface area contributed by atoms with Crippen molar-refractivity contribution in [1.82, 2.24) is 19.6 Å². The molecule has 3 N–H and O–H groups in total. The Morgan fingerprint density at radius 2 is 1.61 bits per heavy atom. The molecular formula is C18H18N6O4. The molecule has 0 bridgehead atoms. The Balaban J connectivity index is 1.66. The zero-order chi connectivity index (χ0) is 20.1. The summed E-state index contributed by atoms with van der Waals surface area (Å²) in [6.07, 6.45) is 2.86. The first-order valence-corrected chi connectivity index (χ1v) is 8.46. The summed E-state index contributed by atoms with van der Waals surface area (Å²) < 4.78 is 2.67. The Hall–Kier alpha value is -3.95. The fourth-order valence-corrected chi connectivity index (χ4v) is 2.62. The molecule has 0 unspecified atom stereocenters. The van der Waals surface area contributed by atoms with Crippen LogP contribution in [-0.2, 0) is 17.9 Å². The Kier molecular flexibility index (Phi) is 5.49. The lowest BCUT2D eigenvalue weighted by atomic mass is 10.2. The molecule has 10 nitrogen and oxygen atoms in total. The average molecular weight is 382 g/mol. The van der Waals surface area contributed by atoms with E-state index in [1.165, 1.54) is 12.3 Å². The highest BCUT2D eigenvalue weighted by Gasteiger charge is 2.14. The number of hydrogen-bond acceptors (Lipinski definition) is 5. The fraction of sp³-hybridized carbons (Fsp3) is 0.167. The van der Waals surface area contributed by atoms with Crippen LogP contribution in [0, 0.1) is 0 Å². The molecule has 0 fully saturated rings. The van der Waals surface area contributed by atoms with Crippen LogP contribution in [0.4, 0.5) is 11.4 Å². The van der Waals surface area contributed by atoms with Crippen molar-refractivity contribution in [2.45, 2.75) is 20.0 Å². The Morgan fingerprint density at radius 1 is 0.964 bits per heavy atom. The number of aromatic carboxylic acids is 1. The number of rotatable bonds is 7. The van der Waals surface area contributed by atoms with Gasteiger partial charge in [0, 0.05) is 30.3 Å². The van der Waals surface area contributed by atoms with E-state index >= 15 is 0 Å². The second-order valence-corrected chi connectivity index (χ2v) is 5.79. The van der Waals surface area contributed by atoms with E-state index < -0.39 is 11.9 Å². The molecule has 0 saturated carbocycles. The van der Waals surface area contributed by atoms with Crippen LogP contribution in [0.5, 0.6) is 0 Å². The van der Waals surface area contributed by atoms with Crippen LogP contribution in [0.1, 0.15) is 27.9 Å². The number of carboxylic acids is 1. The third-order valence-electron chi connectivity index (χ3n) is 3.88. The highest BCUT2D eigenvalue weighted by atomic mass is 16.4. The van der Waals surface area contributed by atoms with Gasteiger partial charge in [0.1, 0.15) is 17.9 Å². The van der Waals surface area contributed by atoms with Gasteiger partial charge in [-0.2, -0.15) is 10.2 Å². The van der Waals surface area contributed by atoms with Crippen molar-refractivity contribution >= 4 is 29.2 Å². The molecule has 0 aliphatic carbocycles. The largest absolute Gasteiger partial charge is 0.477 e. The topological polar surface area (TPSA) is 131 Å². The number of carboxylic acid groups (broad SMARTS) is 1. The van der Waals surface area contributed by atoms with Crippen LogP contribution in [0.15, 0.2) is 48.8 Å². The highest BCUT2D eigenvalue weighted by molar-refractivity contribution is 6.03. The summed E-state index contributed by atoms with van der Waals surface area (Å²) in [6.45, 7) is 2.20. The number of carbonyl (C=O) groups is 3. The molecule has 3 rings (SSSR count). The first-order chi connectivity index (χ1) is 13.5. The first-order valence-electron chi connectivity index (χ1n) is 8.46. The van der Waals surface area contributed by atoms with Crippen molar-refractivity contribution < 1.29 is 19.5 Å². The average Bonchev–Trinajstić information content (AvgIpc) is 3.30. The number of amides is 2. The summed E-state index contributed by atoms with van der Waals surface area (Å²) >= 11 is 0. The smallest absolute Gasteiger partial charge is 0.354 e. The maximum Gasteiger partial charge on any atom is 0.354 e. The highest BCUT2D eigenvalue weighted by Crippen LogP contribution is 2.16. The second kappa shape index (κ2) is 8.16. The number of nitrogens with one attached hydrogen (secondary N) is 2. The van der Waals surface area contributed by atoms with Gasteiger partial charge in [0.05, 0.1) is 0 Å². The van der Waals surface area contributed by atoms with E-state index in [4.69, 9.17) is 5.11 Å². The molecule has 1 aromatic carbocycles. The Labute approximate surface area is 159 Å². The van der Waals surface area contributed by atoms with Crippen LogP contribution in [0.3, 0.4) is 0 Å². The van der Waals surface area contributed by atoms with Crippen LogP contribution in [-0.4, -0.2) is 42.5 Å². The first kappa shape index (κ1) is 18.8. The van der Waals surface area contributed by atoms with Crippen molar-refractivity contribution in [3.63, 3.8) is 0 Å². The number of carbonyl (C=O) groups excluding carboxylic acids is 2. The Morgan fingerprint density at radius 3 is 2.29 bits per heavy atom. The molecule has 3 aromatic rings. The van der Waals surface area contributed by atoms with Gasteiger partial charge in [0.2, 0.25) is 5.91 Å². The van der Waals surface area contributed by atoms with Gasteiger partial charge >= 0.3 is 5.97 Å². The molecule has 2 aromatic heterocycles. The zero-order valence-electron chi connectivity index (χ0n) is 15.0. The van der Waals surface area contributed by atoms with E-state index in [0.29, 0.717) is 23.6 Å². The van der Waals surface area contributed by atoms with Gasteiger partial charge in [-0.25, -0.2) is 9.48 Å². The van der Waals surface area contributed by atoms with E-state index in [0.717, 1.165) is 4.68 Å². The summed E-state index contributed by atoms with van der Waals surface area (Å²) in [5.74, 6) is -1.93. The van der Waals surface area contributed by atoms with E-state index in [9.17, 15) is 14.4 Å². The SMILES string of the molecule is CCn1nccc1C(=O)Nc1cccc(NC(=O)Cn2nccc2C(=O)O)c1. The standard InChI is InChI=1S/C18H18N6O4/c1-2-23-14(6-8-19-23)17(26)22-13-5-3-4-12(10-13)21-16(25)11-24-15(18(27)28)7-9-20-24/h3-10H,2,11H2,1H3,(H,21,25)(H,22,26)(H,27,28). The van der Waals surface area contributed by atoms with Gasteiger partial charge in [-0.1, -0.05) is 6.07 Å². The van der Waals surface area contributed by atoms with Gasteiger partial charge in [-0.15, -0.1) is 0 Å². The normalized spacial score (nSPS) is 10.5. The van der Waals surface area contributed by atoms with E-state index in [2.05, 4.69) is 20.8 Å². The monoisotopic (exact) mass is 382 g/mol. The van der Waals surface area contributed by atoms with E-state index in [1.54, 1.807) is 41.2 Å². The molecule has 0 atom stereocenters. The maximum absolute atomic E-state index is 12.4. The molecular weight excluding hydrogens is 364 g/mol. The predicted molar refractivity (Wildman–Crippen MR) is 100 cm³/mol. The van der Waals surface area contributed by atoms with Crippen LogP contribution >= 0.6 is 0 Å². The van der Waals surface area contributed by atoms with E-state index in [1.807, 2.05) is 6.92 Å². The van der Waals surface area contributed by atoms with Gasteiger partial charge < -0.3 is 15.7 Å². The second-order valence-electron chi connectivity index (χ2n) is 5.79. The molecule has 0 spiro atoms. The molecule has 0 aliphatic rings. The number of anilines is 2. The van der Waals surface area contributed by atoms with Crippen molar-refractivity contribution in [3.05, 3.63) is 60.2 Å². The minimum atomic E-state index is -1.17. The quantitative estimate of drug-likeness (QED) is 0.570. The lowest BCUT2D eigenvalue weighted by molar-refractivity contribution is -0.116. The predicted octanol–water partition coefficient (Wildman–Crippen LogP) is 1.69. The number of nitrogens with zero attached hydrogens (tertiary/aromatic N) is 4. The fourth-order valence-electron chi connectivity index (χ4n) is 2.62. The van der Waals surface area contributed by atoms with Crippen LogP contribution < -0.4 is 10.6 Å². The molecule has 2 heterocycles. The summed E-state index contributed by atoms with van der Waals surface area (Å²) in [6, 6.07) is 9.56. The summed E-state index contributed by atoms with van der Waals surface area (Å²) in [5, 5.41) is 22.4. The molecule has 0 aliphatic heterocycles. The Bertz CT molecular complexity index is 1020. The van der Waals surface area contributed by atoms with Crippen LogP contribution in [0.2, 0.25) is 0 Å². The van der Waals surface area contributed by atoms with Crippen molar-refractivity contribution in [1.29, 1.82) is 0 Å². The maximum atomic E-state index is 12.4. The van der Waals surface area contributed by atoms with Crippen molar-refractivity contribution in [2.75, 3.05) is 10.6 Å². The summed E-state index contributed by atoms with van der Waals surface area (Å²) in [5.41, 5.74) is 1.30. The summed E-state index contributed by atoms with van der Waals surface area (Å²) in [4.78, 5) is 35.6. The molecule has 0 radical (unpaired) electrons. The van der Waals surface area contributed by atoms with Crippen LogP contribution in [0.25, 0.3) is 0 Å². The van der Waals surface area contributed by atoms with Gasteiger partial charge in [-0.3, -0.25) is 14.3 Å². The number of aromatic nitrogens is 4.